The van der Waals surface area contributed by atoms with Crippen LogP contribution >= 0.6 is 0 Å². The van der Waals surface area contributed by atoms with Crippen LogP contribution in [-0.4, -0.2) is 8.42 Å². The van der Waals surface area contributed by atoms with E-state index in [0.717, 1.165) is 23.3 Å². The van der Waals surface area contributed by atoms with E-state index in [-0.39, 0.29) is 10.6 Å². The molecule has 2 rings (SSSR count). The van der Waals surface area contributed by atoms with Gasteiger partial charge in [0.05, 0.1) is 16.3 Å². The topological polar surface area (TPSA) is 72.2 Å². The molecular formula is C15H17FN2O2S. The Morgan fingerprint density at radius 2 is 1.71 bits per heavy atom. The number of nitrogens with one attached hydrogen (secondary N) is 1. The number of sulfonamides is 1. The van der Waals surface area contributed by atoms with Crippen LogP contribution in [0, 0.1) is 26.6 Å². The van der Waals surface area contributed by atoms with Crippen molar-refractivity contribution in [1.29, 1.82) is 0 Å². The molecule has 0 aromatic heterocycles. The molecular weight excluding hydrogens is 291 g/mol. The lowest BCUT2D eigenvalue weighted by Crippen LogP contribution is -2.16. The smallest absolute Gasteiger partial charge is 0.262 e. The first-order valence-electron chi connectivity index (χ1n) is 6.36. The van der Waals surface area contributed by atoms with Crippen molar-refractivity contribution in [2.75, 3.05) is 10.5 Å². The van der Waals surface area contributed by atoms with E-state index in [2.05, 4.69) is 4.72 Å². The van der Waals surface area contributed by atoms with Crippen molar-refractivity contribution in [2.24, 2.45) is 0 Å². The molecule has 0 fully saturated rings. The number of aryl methyl sites for hydroxylation is 3. The van der Waals surface area contributed by atoms with Gasteiger partial charge in [-0.25, -0.2) is 12.8 Å². The Balaban J connectivity index is 2.48. The normalized spacial score (nSPS) is 11.4. The molecule has 0 atom stereocenters. The highest BCUT2D eigenvalue weighted by molar-refractivity contribution is 7.92. The number of rotatable bonds is 3. The number of benzene rings is 2. The third-order valence-corrected chi connectivity index (χ3v) is 4.73. The Morgan fingerprint density at radius 1 is 1.05 bits per heavy atom. The van der Waals surface area contributed by atoms with Gasteiger partial charge in [0.2, 0.25) is 0 Å². The predicted molar refractivity (Wildman–Crippen MR) is 82.3 cm³/mol. The average Bonchev–Trinajstić information content (AvgIpc) is 2.37. The molecule has 0 amide bonds. The minimum atomic E-state index is -3.82. The van der Waals surface area contributed by atoms with E-state index in [0.29, 0.717) is 11.3 Å². The summed E-state index contributed by atoms with van der Waals surface area (Å²) in [5, 5.41) is 0. The van der Waals surface area contributed by atoms with Crippen LogP contribution in [0.15, 0.2) is 35.2 Å². The monoisotopic (exact) mass is 308 g/mol. The van der Waals surface area contributed by atoms with Gasteiger partial charge in [0.15, 0.2) is 0 Å². The van der Waals surface area contributed by atoms with E-state index in [1.54, 1.807) is 6.07 Å². The molecule has 4 nitrogen and oxygen atoms in total. The maximum Gasteiger partial charge on any atom is 0.262 e. The van der Waals surface area contributed by atoms with Gasteiger partial charge in [-0.1, -0.05) is 12.1 Å². The van der Waals surface area contributed by atoms with Crippen LogP contribution in [0.3, 0.4) is 0 Å². The molecule has 21 heavy (non-hydrogen) atoms. The van der Waals surface area contributed by atoms with Crippen molar-refractivity contribution in [2.45, 2.75) is 25.7 Å². The predicted octanol–water partition coefficient (Wildman–Crippen LogP) is 3.13. The fraction of sp³-hybridized carbons (Fsp3) is 0.200. The van der Waals surface area contributed by atoms with Crippen molar-refractivity contribution >= 4 is 21.4 Å². The molecule has 0 aliphatic rings. The molecule has 0 spiro atoms. The summed E-state index contributed by atoms with van der Waals surface area (Å²) in [6.45, 7) is 5.21. The minimum absolute atomic E-state index is 0.0256. The molecule has 0 saturated heterocycles. The zero-order valence-corrected chi connectivity index (χ0v) is 12.9. The highest BCUT2D eigenvalue weighted by Crippen LogP contribution is 2.25. The first kappa shape index (κ1) is 15.3. The zero-order chi connectivity index (χ0) is 15.8. The van der Waals surface area contributed by atoms with Crippen molar-refractivity contribution in [1.82, 2.24) is 0 Å². The molecule has 0 aliphatic heterocycles. The molecule has 2 aromatic carbocycles. The lowest BCUT2D eigenvalue weighted by Gasteiger charge is -2.13. The number of nitrogens with two attached hydrogens (primary N) is 1. The fourth-order valence-electron chi connectivity index (χ4n) is 2.00. The molecule has 3 N–H and O–H groups in total. The van der Waals surface area contributed by atoms with E-state index >= 15 is 0 Å². The van der Waals surface area contributed by atoms with Crippen LogP contribution in [0.1, 0.15) is 16.7 Å². The summed E-state index contributed by atoms with van der Waals surface area (Å²) in [7, 11) is -3.82. The Morgan fingerprint density at radius 3 is 2.38 bits per heavy atom. The van der Waals surface area contributed by atoms with Crippen molar-refractivity contribution in [3.63, 3.8) is 0 Å². The SMILES string of the molecule is Cc1ccc(C)c(NS(=O)(=O)c2cc(N)c(F)cc2C)c1. The van der Waals surface area contributed by atoms with Crippen LogP contribution in [0.25, 0.3) is 0 Å². The number of hydrogen-bond acceptors (Lipinski definition) is 3. The van der Waals surface area contributed by atoms with E-state index in [1.165, 1.54) is 6.92 Å². The highest BCUT2D eigenvalue weighted by atomic mass is 32.2. The molecule has 0 bridgehead atoms. The molecule has 6 heteroatoms. The zero-order valence-electron chi connectivity index (χ0n) is 12.1. The van der Waals surface area contributed by atoms with Gasteiger partial charge < -0.3 is 5.73 Å². The first-order valence-corrected chi connectivity index (χ1v) is 7.85. The standard InChI is InChI=1S/C15H17FN2O2S/c1-9-4-5-10(2)14(6-9)18-21(19,20)15-8-13(17)12(16)7-11(15)3/h4-8,18H,17H2,1-3H3. The van der Waals surface area contributed by atoms with Crippen LogP contribution in [0.4, 0.5) is 15.8 Å². The molecule has 0 unspecified atom stereocenters. The van der Waals surface area contributed by atoms with Crippen LogP contribution in [-0.2, 0) is 10.0 Å². The minimum Gasteiger partial charge on any atom is -0.396 e. The lowest BCUT2D eigenvalue weighted by atomic mass is 10.1. The quantitative estimate of drug-likeness (QED) is 0.856. The van der Waals surface area contributed by atoms with Crippen LogP contribution in [0.5, 0.6) is 0 Å². The van der Waals surface area contributed by atoms with Crippen molar-refractivity contribution in [3.05, 3.63) is 52.8 Å². The summed E-state index contributed by atoms with van der Waals surface area (Å²) in [6.07, 6.45) is 0. The van der Waals surface area contributed by atoms with E-state index in [9.17, 15) is 12.8 Å². The van der Waals surface area contributed by atoms with Gasteiger partial charge in [-0.3, -0.25) is 4.72 Å². The van der Waals surface area contributed by atoms with Gasteiger partial charge in [0.25, 0.3) is 10.0 Å². The van der Waals surface area contributed by atoms with E-state index < -0.39 is 15.8 Å². The highest BCUT2D eigenvalue weighted by Gasteiger charge is 2.19. The molecule has 2 aromatic rings. The third-order valence-electron chi connectivity index (χ3n) is 3.22. The van der Waals surface area contributed by atoms with Gasteiger partial charge >= 0.3 is 0 Å². The molecule has 0 heterocycles. The number of hydrogen-bond donors (Lipinski definition) is 2. The molecule has 112 valence electrons. The van der Waals surface area contributed by atoms with E-state index in [4.69, 9.17) is 5.73 Å². The summed E-state index contributed by atoms with van der Waals surface area (Å²) in [5.74, 6) is -0.627. The summed E-state index contributed by atoms with van der Waals surface area (Å²) in [5.41, 5.74) is 7.82. The van der Waals surface area contributed by atoms with Gasteiger partial charge in [-0.15, -0.1) is 0 Å². The van der Waals surface area contributed by atoms with Gasteiger partial charge in [0, 0.05) is 0 Å². The fourth-order valence-corrected chi connectivity index (χ4v) is 3.39. The number of halogens is 1. The number of nitrogen functional groups attached to an aromatic ring is 1. The second-order valence-corrected chi connectivity index (χ2v) is 6.71. The third kappa shape index (κ3) is 3.16. The average molecular weight is 308 g/mol. The first-order chi connectivity index (χ1) is 9.70. The maximum absolute atomic E-state index is 13.4. The summed E-state index contributed by atoms with van der Waals surface area (Å²) < 4.78 is 40.8. The molecule has 0 radical (unpaired) electrons. The largest absolute Gasteiger partial charge is 0.396 e. The summed E-state index contributed by atoms with van der Waals surface area (Å²) in [6, 6.07) is 7.73. The Kier molecular flexibility index (Phi) is 3.91. The molecule has 0 aliphatic carbocycles. The second-order valence-electron chi connectivity index (χ2n) is 5.06. The molecule has 0 saturated carbocycles. The second kappa shape index (κ2) is 5.37. The van der Waals surface area contributed by atoms with Gasteiger partial charge in [-0.2, -0.15) is 0 Å². The van der Waals surface area contributed by atoms with Gasteiger partial charge in [-0.05, 0) is 55.7 Å². The van der Waals surface area contributed by atoms with Crippen LogP contribution in [0.2, 0.25) is 0 Å². The van der Waals surface area contributed by atoms with Crippen molar-refractivity contribution < 1.29 is 12.8 Å². The Hall–Kier alpha value is -2.08. The summed E-state index contributed by atoms with van der Waals surface area (Å²) >= 11 is 0. The van der Waals surface area contributed by atoms with Gasteiger partial charge in [0.1, 0.15) is 5.82 Å². The lowest BCUT2D eigenvalue weighted by molar-refractivity contribution is 0.599. The van der Waals surface area contributed by atoms with Crippen LogP contribution < -0.4 is 10.5 Å². The maximum atomic E-state index is 13.4. The summed E-state index contributed by atoms with van der Waals surface area (Å²) in [4.78, 5) is -0.0256. The van der Waals surface area contributed by atoms with Crippen molar-refractivity contribution in [3.8, 4) is 0 Å². The Bertz CT molecular complexity index is 802. The number of anilines is 2. The Labute approximate surface area is 123 Å². The van der Waals surface area contributed by atoms with E-state index in [1.807, 2.05) is 26.0 Å².